The van der Waals surface area contributed by atoms with E-state index in [0.29, 0.717) is 34.3 Å². The van der Waals surface area contributed by atoms with Crippen molar-refractivity contribution < 1.29 is 4.42 Å². The van der Waals surface area contributed by atoms with Crippen LogP contribution in [0.1, 0.15) is 5.56 Å². The summed E-state index contributed by atoms with van der Waals surface area (Å²) in [6.07, 6.45) is 0. The summed E-state index contributed by atoms with van der Waals surface area (Å²) in [6.45, 7) is 0. The highest BCUT2D eigenvalue weighted by Crippen LogP contribution is 2.37. The number of fused-ring (bicyclic) bond motifs is 6. The molecular weight excluding hydrogens is 566 g/mol. The van der Waals surface area contributed by atoms with Crippen LogP contribution >= 0.6 is 0 Å². The summed E-state index contributed by atoms with van der Waals surface area (Å²) < 4.78 is 8.33. The Balaban J connectivity index is 1.32. The van der Waals surface area contributed by atoms with E-state index in [1.165, 1.54) is 0 Å². The van der Waals surface area contributed by atoms with Crippen molar-refractivity contribution in [3.8, 4) is 45.9 Å². The van der Waals surface area contributed by atoms with E-state index in [1.54, 1.807) is 6.07 Å². The molecule has 3 heterocycles. The lowest BCUT2D eigenvalue weighted by Crippen LogP contribution is -2.06. The molecule has 6 nitrogen and oxygen atoms in total. The zero-order valence-corrected chi connectivity index (χ0v) is 24.4. The van der Waals surface area contributed by atoms with E-state index in [-0.39, 0.29) is 0 Å². The molecule has 9 aromatic rings. The fraction of sp³-hybridized carbons (Fsp3) is 0. The first kappa shape index (κ1) is 25.9. The van der Waals surface area contributed by atoms with E-state index in [1.807, 2.05) is 60.7 Å². The molecule has 46 heavy (non-hydrogen) atoms. The zero-order valence-electron chi connectivity index (χ0n) is 24.4. The van der Waals surface area contributed by atoms with E-state index >= 15 is 0 Å². The van der Waals surface area contributed by atoms with Gasteiger partial charge in [0.05, 0.1) is 22.7 Å². The fourth-order valence-corrected chi connectivity index (χ4v) is 6.38. The van der Waals surface area contributed by atoms with Crippen LogP contribution in [0.3, 0.4) is 0 Å². The van der Waals surface area contributed by atoms with Crippen LogP contribution in [0.2, 0.25) is 0 Å². The highest BCUT2D eigenvalue weighted by molar-refractivity contribution is 6.12. The zero-order chi connectivity index (χ0) is 30.6. The van der Waals surface area contributed by atoms with Crippen molar-refractivity contribution in [2.75, 3.05) is 0 Å². The largest absolute Gasteiger partial charge is 0.456 e. The van der Waals surface area contributed by atoms with Gasteiger partial charge >= 0.3 is 0 Å². The Morgan fingerprint density at radius 3 is 1.91 bits per heavy atom. The van der Waals surface area contributed by atoms with Crippen molar-refractivity contribution in [2.45, 2.75) is 0 Å². The molecule has 0 aliphatic rings. The molecule has 9 rings (SSSR count). The second-order valence-corrected chi connectivity index (χ2v) is 11.2. The van der Waals surface area contributed by atoms with Crippen LogP contribution in [-0.2, 0) is 0 Å². The molecular formula is C40H23N5O. The number of hydrogen-bond donors (Lipinski definition) is 0. The lowest BCUT2D eigenvalue weighted by atomic mass is 10.0. The predicted molar refractivity (Wildman–Crippen MR) is 182 cm³/mol. The number of para-hydroxylation sites is 2. The van der Waals surface area contributed by atoms with E-state index in [9.17, 15) is 5.26 Å². The van der Waals surface area contributed by atoms with E-state index in [2.05, 4.69) is 83.4 Å². The standard InChI is InChI=1S/C40H23N5O/c41-24-25-17-22-31-36(23-25)46-35-16-8-13-32(37(31)35)39-42-38(28-20-18-27(19-21-28)26-9-2-1-3-10-26)43-40(44-39)45-33-14-6-4-11-29(33)30-12-5-7-15-34(30)45/h1-23H. The predicted octanol–water partition coefficient (Wildman–Crippen LogP) is 9.74. The summed E-state index contributed by atoms with van der Waals surface area (Å²) in [7, 11) is 0. The lowest BCUT2D eigenvalue weighted by molar-refractivity contribution is 0.669. The van der Waals surface area contributed by atoms with E-state index in [4.69, 9.17) is 19.4 Å². The molecule has 0 amide bonds. The lowest BCUT2D eigenvalue weighted by Gasteiger charge is -2.12. The number of hydrogen-bond acceptors (Lipinski definition) is 5. The molecule has 6 heteroatoms. The van der Waals surface area contributed by atoms with Gasteiger partial charge in [-0.2, -0.15) is 15.2 Å². The summed E-state index contributed by atoms with van der Waals surface area (Å²) >= 11 is 0. The minimum atomic E-state index is 0.529. The number of nitriles is 1. The quantitative estimate of drug-likeness (QED) is 0.204. The van der Waals surface area contributed by atoms with E-state index < -0.39 is 0 Å². The van der Waals surface area contributed by atoms with Gasteiger partial charge in [-0.3, -0.25) is 4.57 Å². The molecule has 0 spiro atoms. The van der Waals surface area contributed by atoms with Gasteiger partial charge in [-0.15, -0.1) is 0 Å². The van der Waals surface area contributed by atoms with Crippen LogP contribution < -0.4 is 0 Å². The van der Waals surface area contributed by atoms with Gasteiger partial charge in [0.2, 0.25) is 5.95 Å². The Morgan fingerprint density at radius 1 is 0.522 bits per heavy atom. The number of nitrogens with zero attached hydrogens (tertiary/aromatic N) is 5. The maximum Gasteiger partial charge on any atom is 0.238 e. The first-order valence-electron chi connectivity index (χ1n) is 15.0. The molecule has 0 radical (unpaired) electrons. The summed E-state index contributed by atoms with van der Waals surface area (Å²) in [5, 5.41) is 13.5. The molecule has 0 aliphatic heterocycles. The second kappa shape index (κ2) is 10.3. The van der Waals surface area contributed by atoms with Crippen molar-refractivity contribution in [1.82, 2.24) is 19.5 Å². The first-order chi connectivity index (χ1) is 22.7. The highest BCUT2D eigenvalue weighted by atomic mass is 16.3. The van der Waals surface area contributed by atoms with Crippen molar-refractivity contribution in [2.24, 2.45) is 0 Å². The minimum absolute atomic E-state index is 0.529. The maximum absolute atomic E-state index is 9.48. The van der Waals surface area contributed by atoms with Crippen molar-refractivity contribution in [3.63, 3.8) is 0 Å². The maximum atomic E-state index is 9.48. The molecule has 0 unspecified atom stereocenters. The topological polar surface area (TPSA) is 80.5 Å². The average Bonchev–Trinajstić information content (AvgIpc) is 3.67. The molecule has 0 aliphatic carbocycles. The number of aromatic nitrogens is 4. The summed E-state index contributed by atoms with van der Waals surface area (Å²) in [5.74, 6) is 1.63. The van der Waals surface area contributed by atoms with Crippen LogP contribution in [-0.4, -0.2) is 19.5 Å². The molecule has 0 atom stereocenters. The third kappa shape index (κ3) is 4.07. The monoisotopic (exact) mass is 589 g/mol. The minimum Gasteiger partial charge on any atom is -0.456 e. The molecule has 0 fully saturated rings. The Labute approximate surface area is 263 Å². The van der Waals surface area contributed by atoms with Crippen LogP contribution in [0.25, 0.3) is 83.6 Å². The third-order valence-electron chi connectivity index (χ3n) is 8.52. The third-order valence-corrected chi connectivity index (χ3v) is 8.52. The summed E-state index contributed by atoms with van der Waals surface area (Å²) in [6, 6.07) is 48.9. The number of benzene rings is 6. The second-order valence-electron chi connectivity index (χ2n) is 11.2. The van der Waals surface area contributed by atoms with Crippen molar-refractivity contribution in [1.29, 1.82) is 5.26 Å². The Bertz CT molecular complexity index is 2590. The fourth-order valence-electron chi connectivity index (χ4n) is 6.38. The van der Waals surface area contributed by atoms with Gasteiger partial charge in [-0.25, -0.2) is 4.98 Å². The Morgan fingerprint density at radius 2 is 1.17 bits per heavy atom. The smallest absolute Gasteiger partial charge is 0.238 e. The van der Waals surface area contributed by atoms with Crippen LogP contribution in [0.15, 0.2) is 144 Å². The van der Waals surface area contributed by atoms with Crippen LogP contribution in [0, 0.1) is 11.3 Å². The molecule has 0 saturated carbocycles. The molecule has 6 aromatic carbocycles. The molecule has 0 bridgehead atoms. The number of rotatable bonds is 4. The van der Waals surface area contributed by atoms with Gasteiger partial charge < -0.3 is 4.42 Å². The van der Waals surface area contributed by atoms with Crippen molar-refractivity contribution in [3.05, 3.63) is 145 Å². The van der Waals surface area contributed by atoms with Gasteiger partial charge in [0.25, 0.3) is 0 Å². The average molecular weight is 590 g/mol. The van der Waals surface area contributed by atoms with Gasteiger partial charge in [-0.05, 0) is 47.5 Å². The van der Waals surface area contributed by atoms with Gasteiger partial charge in [0.1, 0.15) is 11.2 Å². The SMILES string of the molecule is N#Cc1ccc2c(c1)oc1cccc(-c3nc(-c4ccc(-c5ccccc5)cc4)nc(-n4c5ccccc5c5ccccc54)n3)c12. The Kier molecular flexibility index (Phi) is 5.77. The molecule has 214 valence electrons. The van der Waals surface area contributed by atoms with Crippen LogP contribution in [0.5, 0.6) is 0 Å². The number of furan rings is 1. The summed E-state index contributed by atoms with van der Waals surface area (Å²) in [5.41, 5.74) is 7.90. The van der Waals surface area contributed by atoms with Gasteiger partial charge in [0, 0.05) is 32.7 Å². The van der Waals surface area contributed by atoms with Gasteiger partial charge in [0.15, 0.2) is 11.6 Å². The first-order valence-corrected chi connectivity index (χ1v) is 15.0. The molecule has 0 saturated heterocycles. The van der Waals surface area contributed by atoms with Crippen LogP contribution in [0.4, 0.5) is 0 Å². The summed E-state index contributed by atoms with van der Waals surface area (Å²) in [4.78, 5) is 15.3. The Hall–Kier alpha value is -6.58. The molecule has 0 N–H and O–H groups in total. The van der Waals surface area contributed by atoms with E-state index in [0.717, 1.165) is 54.8 Å². The van der Waals surface area contributed by atoms with Crippen molar-refractivity contribution >= 4 is 43.7 Å². The normalized spacial score (nSPS) is 11.5. The highest BCUT2D eigenvalue weighted by Gasteiger charge is 2.20. The van der Waals surface area contributed by atoms with Gasteiger partial charge in [-0.1, -0.05) is 103 Å². The molecule has 3 aromatic heterocycles.